The number of benzene rings is 1. The van der Waals surface area contributed by atoms with Gasteiger partial charge in [-0.1, -0.05) is 12.1 Å². The molecule has 0 saturated heterocycles. The van der Waals surface area contributed by atoms with E-state index in [2.05, 4.69) is 24.4 Å². The smallest absolute Gasteiger partial charge is 0.123 e. The van der Waals surface area contributed by atoms with Crippen LogP contribution in [-0.4, -0.2) is 49.9 Å². The minimum atomic E-state index is -0.754. The number of aryl methyl sites for hydroxylation is 1. The molecule has 0 aliphatic carbocycles. The SMILES string of the molecule is COc1cc(C)ccc1C(C)NCC(C)(O)CN(C)C. The Labute approximate surface area is 122 Å². The normalized spacial score (nSPS) is 16.0. The van der Waals surface area contributed by atoms with Crippen molar-refractivity contribution in [1.82, 2.24) is 10.2 Å². The minimum Gasteiger partial charge on any atom is -0.496 e. The molecule has 114 valence electrons. The Bertz CT molecular complexity index is 430. The van der Waals surface area contributed by atoms with E-state index in [1.165, 1.54) is 5.56 Å². The van der Waals surface area contributed by atoms with E-state index in [-0.39, 0.29) is 6.04 Å². The van der Waals surface area contributed by atoms with Gasteiger partial charge in [0.05, 0.1) is 12.7 Å². The molecule has 0 aromatic heterocycles. The molecule has 0 bridgehead atoms. The van der Waals surface area contributed by atoms with Gasteiger partial charge in [0.25, 0.3) is 0 Å². The number of hydrogen-bond acceptors (Lipinski definition) is 4. The number of rotatable bonds is 7. The molecule has 2 atom stereocenters. The number of hydrogen-bond donors (Lipinski definition) is 2. The van der Waals surface area contributed by atoms with E-state index in [1.54, 1.807) is 7.11 Å². The molecule has 0 fully saturated rings. The van der Waals surface area contributed by atoms with Gasteiger partial charge in [-0.05, 0) is 46.5 Å². The molecule has 0 saturated carbocycles. The van der Waals surface area contributed by atoms with Crippen LogP contribution in [0, 0.1) is 6.92 Å². The Morgan fingerprint density at radius 3 is 2.60 bits per heavy atom. The van der Waals surface area contributed by atoms with E-state index >= 15 is 0 Å². The number of likely N-dealkylation sites (N-methyl/N-ethyl adjacent to an activating group) is 1. The van der Waals surface area contributed by atoms with Crippen LogP contribution in [0.2, 0.25) is 0 Å². The van der Waals surface area contributed by atoms with Crippen molar-refractivity contribution in [2.24, 2.45) is 0 Å². The molecule has 0 amide bonds. The van der Waals surface area contributed by atoms with Crippen LogP contribution in [0.25, 0.3) is 0 Å². The quantitative estimate of drug-likeness (QED) is 0.801. The van der Waals surface area contributed by atoms with Crippen molar-refractivity contribution < 1.29 is 9.84 Å². The second kappa shape index (κ2) is 7.07. The third-order valence-corrected chi connectivity index (χ3v) is 3.30. The van der Waals surface area contributed by atoms with Crippen LogP contribution in [0.1, 0.15) is 31.0 Å². The lowest BCUT2D eigenvalue weighted by Gasteiger charge is -2.29. The van der Waals surface area contributed by atoms with Crippen LogP contribution in [0.15, 0.2) is 18.2 Å². The summed E-state index contributed by atoms with van der Waals surface area (Å²) in [5.74, 6) is 0.886. The summed E-state index contributed by atoms with van der Waals surface area (Å²) in [4.78, 5) is 1.98. The molecule has 4 heteroatoms. The third-order valence-electron chi connectivity index (χ3n) is 3.30. The molecule has 20 heavy (non-hydrogen) atoms. The summed E-state index contributed by atoms with van der Waals surface area (Å²) in [5.41, 5.74) is 1.53. The van der Waals surface area contributed by atoms with E-state index in [4.69, 9.17) is 4.74 Å². The van der Waals surface area contributed by atoms with E-state index < -0.39 is 5.60 Å². The number of methoxy groups -OCH3 is 1. The maximum atomic E-state index is 10.3. The topological polar surface area (TPSA) is 44.7 Å². The Morgan fingerprint density at radius 2 is 2.05 bits per heavy atom. The molecule has 4 nitrogen and oxygen atoms in total. The van der Waals surface area contributed by atoms with Gasteiger partial charge in [0.1, 0.15) is 5.75 Å². The summed E-state index contributed by atoms with van der Waals surface area (Å²) in [5, 5.41) is 13.7. The Kier molecular flexibility index (Phi) is 5.99. The highest BCUT2D eigenvalue weighted by Gasteiger charge is 2.22. The van der Waals surface area contributed by atoms with E-state index in [1.807, 2.05) is 38.9 Å². The van der Waals surface area contributed by atoms with Crippen molar-refractivity contribution in [3.8, 4) is 5.75 Å². The van der Waals surface area contributed by atoms with Gasteiger partial charge in [-0.3, -0.25) is 0 Å². The van der Waals surface area contributed by atoms with Gasteiger partial charge in [-0.2, -0.15) is 0 Å². The minimum absolute atomic E-state index is 0.124. The second-order valence-corrected chi connectivity index (χ2v) is 6.08. The monoisotopic (exact) mass is 280 g/mol. The predicted octanol–water partition coefficient (Wildman–Crippen LogP) is 1.97. The summed E-state index contributed by atoms with van der Waals surface area (Å²) < 4.78 is 5.43. The number of nitrogens with one attached hydrogen (secondary N) is 1. The molecular formula is C16H28N2O2. The maximum absolute atomic E-state index is 10.3. The van der Waals surface area contributed by atoms with Crippen molar-refractivity contribution in [3.63, 3.8) is 0 Å². The second-order valence-electron chi connectivity index (χ2n) is 6.08. The molecule has 1 aromatic carbocycles. The Morgan fingerprint density at radius 1 is 1.40 bits per heavy atom. The zero-order valence-corrected chi connectivity index (χ0v) is 13.5. The highest BCUT2D eigenvalue weighted by atomic mass is 16.5. The standard InChI is InChI=1S/C16H28N2O2/c1-12-7-8-14(15(9-12)20-6)13(2)17-10-16(3,19)11-18(4)5/h7-9,13,17,19H,10-11H2,1-6H3. The fraction of sp³-hybridized carbons (Fsp3) is 0.625. The summed E-state index contributed by atoms with van der Waals surface area (Å²) >= 11 is 0. The van der Waals surface area contributed by atoms with Gasteiger partial charge >= 0.3 is 0 Å². The van der Waals surface area contributed by atoms with Crippen molar-refractivity contribution in [3.05, 3.63) is 29.3 Å². The highest BCUT2D eigenvalue weighted by Crippen LogP contribution is 2.26. The molecule has 0 aliphatic rings. The van der Waals surface area contributed by atoms with Gasteiger partial charge in [0, 0.05) is 24.7 Å². The largest absolute Gasteiger partial charge is 0.496 e. The third kappa shape index (κ3) is 5.12. The van der Waals surface area contributed by atoms with Crippen LogP contribution in [0.5, 0.6) is 5.75 Å². The molecule has 0 aliphatic heterocycles. The highest BCUT2D eigenvalue weighted by molar-refractivity contribution is 5.39. The van der Waals surface area contributed by atoms with Crippen LogP contribution in [0.4, 0.5) is 0 Å². The summed E-state index contributed by atoms with van der Waals surface area (Å²) in [6.45, 7) is 7.13. The lowest BCUT2D eigenvalue weighted by Crippen LogP contribution is -2.46. The van der Waals surface area contributed by atoms with E-state index in [0.717, 1.165) is 11.3 Å². The summed E-state index contributed by atoms with van der Waals surface area (Å²) in [7, 11) is 5.61. The van der Waals surface area contributed by atoms with Crippen LogP contribution in [0.3, 0.4) is 0 Å². The van der Waals surface area contributed by atoms with Gasteiger partial charge in [-0.25, -0.2) is 0 Å². The first-order valence-corrected chi connectivity index (χ1v) is 7.00. The zero-order valence-electron chi connectivity index (χ0n) is 13.5. The van der Waals surface area contributed by atoms with Crippen LogP contribution >= 0.6 is 0 Å². The van der Waals surface area contributed by atoms with Crippen molar-refractivity contribution >= 4 is 0 Å². The number of ether oxygens (including phenoxy) is 1. The molecule has 2 unspecified atom stereocenters. The molecule has 0 heterocycles. The lowest BCUT2D eigenvalue weighted by molar-refractivity contribution is 0.0317. The summed E-state index contributed by atoms with van der Waals surface area (Å²) in [6, 6.07) is 6.31. The average Bonchev–Trinajstić information content (AvgIpc) is 2.34. The van der Waals surface area contributed by atoms with Gasteiger partial charge in [0.15, 0.2) is 0 Å². The van der Waals surface area contributed by atoms with Gasteiger partial charge in [-0.15, -0.1) is 0 Å². The maximum Gasteiger partial charge on any atom is 0.123 e. The fourth-order valence-corrected chi connectivity index (χ4v) is 2.40. The van der Waals surface area contributed by atoms with Gasteiger partial charge < -0.3 is 20.1 Å². The van der Waals surface area contributed by atoms with Crippen molar-refractivity contribution in [2.45, 2.75) is 32.4 Å². The summed E-state index contributed by atoms with van der Waals surface area (Å²) in [6.07, 6.45) is 0. The molecule has 1 aromatic rings. The molecule has 1 rings (SSSR count). The van der Waals surface area contributed by atoms with Gasteiger partial charge in [0.2, 0.25) is 0 Å². The van der Waals surface area contributed by atoms with E-state index in [9.17, 15) is 5.11 Å². The first-order chi connectivity index (χ1) is 9.25. The molecule has 2 N–H and O–H groups in total. The Balaban J connectivity index is 2.69. The number of nitrogens with zero attached hydrogens (tertiary/aromatic N) is 1. The van der Waals surface area contributed by atoms with Crippen LogP contribution in [-0.2, 0) is 0 Å². The average molecular weight is 280 g/mol. The fourth-order valence-electron chi connectivity index (χ4n) is 2.40. The molecule has 0 radical (unpaired) electrons. The van der Waals surface area contributed by atoms with Crippen molar-refractivity contribution in [1.29, 1.82) is 0 Å². The molecular weight excluding hydrogens is 252 g/mol. The predicted molar refractivity (Wildman–Crippen MR) is 83.3 cm³/mol. The first-order valence-electron chi connectivity index (χ1n) is 7.00. The van der Waals surface area contributed by atoms with Crippen LogP contribution < -0.4 is 10.1 Å². The zero-order chi connectivity index (χ0) is 15.3. The molecule has 0 spiro atoms. The van der Waals surface area contributed by atoms with E-state index in [0.29, 0.717) is 13.1 Å². The number of aliphatic hydroxyl groups is 1. The lowest BCUT2D eigenvalue weighted by atomic mass is 10.0. The first kappa shape index (κ1) is 17.0. The van der Waals surface area contributed by atoms with Crippen molar-refractivity contribution in [2.75, 3.05) is 34.3 Å². The Hall–Kier alpha value is -1.10.